The van der Waals surface area contributed by atoms with Gasteiger partial charge in [0.2, 0.25) is 0 Å². The summed E-state index contributed by atoms with van der Waals surface area (Å²) in [5.74, 6) is 0. The van der Waals surface area contributed by atoms with Crippen LogP contribution in [0, 0.1) is 0 Å². The molecule has 1 aliphatic rings. The average Bonchev–Trinajstić information content (AvgIpc) is 2.87. The molecule has 14 heavy (non-hydrogen) atoms. The van der Waals surface area contributed by atoms with E-state index >= 15 is 0 Å². The Balaban J connectivity index is 1.77. The van der Waals surface area contributed by atoms with Crippen LogP contribution >= 0.6 is 0 Å². The second kappa shape index (κ2) is 4.13. The molecule has 1 fully saturated rings. The van der Waals surface area contributed by atoms with E-state index < -0.39 is 0 Å². The molecule has 2 heterocycles. The molecule has 0 radical (unpaired) electrons. The van der Waals surface area contributed by atoms with E-state index in [1.807, 2.05) is 4.90 Å². The van der Waals surface area contributed by atoms with E-state index in [2.05, 4.69) is 10.3 Å². The highest BCUT2D eigenvalue weighted by atomic mass is 16.3. The molecule has 2 amide bonds. The lowest BCUT2D eigenvalue weighted by Crippen LogP contribution is -2.37. The van der Waals surface area contributed by atoms with Crippen molar-refractivity contribution in [1.82, 2.24) is 15.2 Å². The number of amides is 2. The molecule has 2 rings (SSSR count). The van der Waals surface area contributed by atoms with Gasteiger partial charge in [-0.3, -0.25) is 0 Å². The number of aromatic nitrogens is 1. The Morgan fingerprint density at radius 2 is 2.36 bits per heavy atom. The number of carbonyl (C=O) groups is 1. The van der Waals surface area contributed by atoms with E-state index in [0.29, 0.717) is 6.54 Å². The van der Waals surface area contributed by atoms with Gasteiger partial charge in [-0.1, -0.05) is 0 Å². The molecule has 0 atom stereocenters. The van der Waals surface area contributed by atoms with Crippen LogP contribution < -0.4 is 5.32 Å². The van der Waals surface area contributed by atoms with Gasteiger partial charge in [-0.15, -0.1) is 0 Å². The van der Waals surface area contributed by atoms with Crippen LogP contribution in [0.25, 0.3) is 0 Å². The molecular formula is C9H13N3O2. The van der Waals surface area contributed by atoms with Crippen molar-refractivity contribution in [3.8, 4) is 0 Å². The smallest absolute Gasteiger partial charge is 0.317 e. The first-order valence-corrected chi connectivity index (χ1v) is 4.76. The van der Waals surface area contributed by atoms with E-state index in [-0.39, 0.29) is 6.03 Å². The summed E-state index contributed by atoms with van der Waals surface area (Å²) in [7, 11) is 0. The van der Waals surface area contributed by atoms with E-state index in [9.17, 15) is 4.79 Å². The number of rotatable bonds is 2. The third-order valence-corrected chi connectivity index (χ3v) is 2.30. The Labute approximate surface area is 82.1 Å². The van der Waals surface area contributed by atoms with Crippen molar-refractivity contribution in [2.75, 3.05) is 13.1 Å². The number of carbonyl (C=O) groups excluding carboxylic acids is 1. The minimum absolute atomic E-state index is 0.00880. The van der Waals surface area contributed by atoms with Crippen molar-refractivity contribution < 1.29 is 9.21 Å². The highest BCUT2D eigenvalue weighted by Gasteiger charge is 2.17. The fourth-order valence-electron chi connectivity index (χ4n) is 1.52. The molecule has 5 heteroatoms. The molecule has 1 N–H and O–H groups in total. The van der Waals surface area contributed by atoms with E-state index in [1.54, 1.807) is 0 Å². The van der Waals surface area contributed by atoms with Gasteiger partial charge in [0.1, 0.15) is 6.26 Å². The number of likely N-dealkylation sites (tertiary alicyclic amines) is 1. The minimum Gasteiger partial charge on any atom is -0.451 e. The fraction of sp³-hybridized carbons (Fsp3) is 0.556. The summed E-state index contributed by atoms with van der Waals surface area (Å²) >= 11 is 0. The zero-order chi connectivity index (χ0) is 9.80. The molecule has 0 bridgehead atoms. The number of hydrogen-bond acceptors (Lipinski definition) is 3. The highest BCUT2D eigenvalue weighted by molar-refractivity contribution is 5.74. The van der Waals surface area contributed by atoms with Crippen molar-refractivity contribution in [2.45, 2.75) is 19.4 Å². The van der Waals surface area contributed by atoms with Gasteiger partial charge >= 0.3 is 6.03 Å². The first-order chi connectivity index (χ1) is 6.86. The number of oxazole rings is 1. The summed E-state index contributed by atoms with van der Waals surface area (Å²) in [5, 5.41) is 2.79. The van der Waals surface area contributed by atoms with Crippen molar-refractivity contribution in [3.05, 3.63) is 18.4 Å². The molecule has 1 aliphatic heterocycles. The van der Waals surface area contributed by atoms with Crippen molar-refractivity contribution >= 4 is 6.03 Å². The molecule has 0 unspecified atom stereocenters. The summed E-state index contributed by atoms with van der Waals surface area (Å²) in [6, 6.07) is -0.00880. The van der Waals surface area contributed by atoms with Crippen LogP contribution in [0.4, 0.5) is 4.79 Å². The maximum absolute atomic E-state index is 11.5. The van der Waals surface area contributed by atoms with Crippen LogP contribution in [0.5, 0.6) is 0 Å². The number of nitrogens with zero attached hydrogens (tertiary/aromatic N) is 2. The summed E-state index contributed by atoms with van der Waals surface area (Å²) in [4.78, 5) is 17.2. The van der Waals surface area contributed by atoms with Gasteiger partial charge in [0.05, 0.1) is 12.2 Å². The SMILES string of the molecule is O=C(NCc1cocn1)N1CCCC1. The fourth-order valence-corrected chi connectivity index (χ4v) is 1.52. The zero-order valence-corrected chi connectivity index (χ0v) is 7.90. The zero-order valence-electron chi connectivity index (χ0n) is 7.90. The van der Waals surface area contributed by atoms with Crippen LogP contribution in [0.15, 0.2) is 17.1 Å². The number of nitrogens with one attached hydrogen (secondary N) is 1. The molecule has 1 aromatic heterocycles. The summed E-state index contributed by atoms with van der Waals surface area (Å²) in [6.07, 6.45) is 5.11. The van der Waals surface area contributed by atoms with Crippen LogP contribution in [0.1, 0.15) is 18.5 Å². The van der Waals surface area contributed by atoms with Gasteiger partial charge in [-0.2, -0.15) is 0 Å². The van der Waals surface area contributed by atoms with Gasteiger partial charge in [-0.25, -0.2) is 9.78 Å². The Morgan fingerprint density at radius 1 is 1.57 bits per heavy atom. The maximum atomic E-state index is 11.5. The van der Waals surface area contributed by atoms with Crippen LogP contribution in [0.2, 0.25) is 0 Å². The van der Waals surface area contributed by atoms with Crippen LogP contribution in [0.3, 0.4) is 0 Å². The molecule has 1 aromatic rings. The lowest BCUT2D eigenvalue weighted by Gasteiger charge is -2.15. The Morgan fingerprint density at radius 3 is 3.00 bits per heavy atom. The van der Waals surface area contributed by atoms with E-state index in [1.165, 1.54) is 12.7 Å². The molecule has 0 aliphatic carbocycles. The van der Waals surface area contributed by atoms with E-state index in [0.717, 1.165) is 31.6 Å². The second-order valence-electron chi connectivity index (χ2n) is 3.33. The average molecular weight is 195 g/mol. The van der Waals surface area contributed by atoms with Gasteiger partial charge in [0, 0.05) is 13.1 Å². The predicted octanol–water partition coefficient (Wildman–Crippen LogP) is 0.980. The van der Waals surface area contributed by atoms with Crippen LogP contribution in [-0.4, -0.2) is 29.0 Å². The predicted molar refractivity (Wildman–Crippen MR) is 49.5 cm³/mol. The molecule has 0 spiro atoms. The van der Waals surface area contributed by atoms with Crippen LogP contribution in [-0.2, 0) is 6.54 Å². The highest BCUT2D eigenvalue weighted by Crippen LogP contribution is 2.07. The van der Waals surface area contributed by atoms with Crippen molar-refractivity contribution in [2.24, 2.45) is 0 Å². The quantitative estimate of drug-likeness (QED) is 0.765. The molecule has 1 saturated heterocycles. The second-order valence-corrected chi connectivity index (χ2v) is 3.33. The lowest BCUT2D eigenvalue weighted by molar-refractivity contribution is 0.208. The first kappa shape index (κ1) is 9.05. The number of urea groups is 1. The Hall–Kier alpha value is -1.52. The topological polar surface area (TPSA) is 58.4 Å². The Kier molecular flexibility index (Phi) is 2.67. The van der Waals surface area contributed by atoms with Gasteiger partial charge in [0.25, 0.3) is 0 Å². The third kappa shape index (κ3) is 2.04. The standard InChI is InChI=1S/C9H13N3O2/c13-9(12-3-1-2-4-12)10-5-8-6-14-7-11-8/h6-7H,1-5H2,(H,10,13). The molecule has 5 nitrogen and oxygen atoms in total. The van der Waals surface area contributed by atoms with Gasteiger partial charge in [0.15, 0.2) is 6.39 Å². The molecule has 0 saturated carbocycles. The third-order valence-electron chi connectivity index (χ3n) is 2.30. The van der Waals surface area contributed by atoms with E-state index in [4.69, 9.17) is 4.42 Å². The van der Waals surface area contributed by atoms with Crippen molar-refractivity contribution in [1.29, 1.82) is 0 Å². The monoisotopic (exact) mass is 195 g/mol. The van der Waals surface area contributed by atoms with Gasteiger partial charge in [-0.05, 0) is 12.8 Å². The normalized spacial score (nSPS) is 15.9. The largest absolute Gasteiger partial charge is 0.451 e. The van der Waals surface area contributed by atoms with Gasteiger partial charge < -0.3 is 14.6 Å². The maximum Gasteiger partial charge on any atom is 0.317 e. The first-order valence-electron chi connectivity index (χ1n) is 4.76. The summed E-state index contributed by atoms with van der Waals surface area (Å²) in [6.45, 7) is 2.17. The molecular weight excluding hydrogens is 182 g/mol. The Bertz CT molecular complexity index is 291. The lowest BCUT2D eigenvalue weighted by atomic mass is 10.4. The minimum atomic E-state index is -0.00880. The van der Waals surface area contributed by atoms with Crippen molar-refractivity contribution in [3.63, 3.8) is 0 Å². The summed E-state index contributed by atoms with van der Waals surface area (Å²) < 4.78 is 4.80. The molecule has 76 valence electrons. The number of hydrogen-bond donors (Lipinski definition) is 1. The molecule has 0 aromatic carbocycles. The summed E-state index contributed by atoms with van der Waals surface area (Å²) in [5.41, 5.74) is 0.748.